The summed E-state index contributed by atoms with van der Waals surface area (Å²) in [7, 11) is -4.62. The van der Waals surface area contributed by atoms with Crippen molar-refractivity contribution in [3.8, 4) is 0 Å². The molecule has 0 saturated heterocycles. The lowest BCUT2D eigenvalue weighted by Crippen LogP contribution is -2.17. The van der Waals surface area contributed by atoms with Crippen LogP contribution in [-0.4, -0.2) is 13.4 Å². The minimum atomic E-state index is -4.62. The van der Waals surface area contributed by atoms with Gasteiger partial charge in [0.25, 0.3) is 10.0 Å². The van der Waals surface area contributed by atoms with Crippen LogP contribution in [0.4, 0.5) is 18.9 Å². The fraction of sp³-hybridized carbons (Fsp3) is 0.0833. The van der Waals surface area contributed by atoms with Gasteiger partial charge in [-0.15, -0.1) is 0 Å². The van der Waals surface area contributed by atoms with E-state index in [0.717, 1.165) is 0 Å². The van der Waals surface area contributed by atoms with Gasteiger partial charge in [-0.25, -0.2) is 26.6 Å². The number of nitrogens with one attached hydrogen (secondary N) is 1. The predicted molar refractivity (Wildman–Crippen MR) is 71.1 cm³/mol. The molecule has 112 valence electrons. The van der Waals surface area contributed by atoms with E-state index >= 15 is 0 Å². The topological polar surface area (TPSA) is 59.1 Å². The highest BCUT2D eigenvalue weighted by Crippen LogP contribution is 2.26. The Morgan fingerprint density at radius 2 is 1.71 bits per heavy atom. The van der Waals surface area contributed by atoms with Gasteiger partial charge in [0, 0.05) is 18.3 Å². The number of benzene rings is 1. The Morgan fingerprint density at radius 1 is 1.14 bits per heavy atom. The Bertz CT molecular complexity index is 789. The van der Waals surface area contributed by atoms with Gasteiger partial charge in [-0.1, -0.05) is 11.6 Å². The molecule has 1 aromatic heterocycles. The summed E-state index contributed by atoms with van der Waals surface area (Å²) in [6, 6.07) is 1.88. The van der Waals surface area contributed by atoms with E-state index in [2.05, 4.69) is 4.98 Å². The SMILES string of the molecule is Cc1cnc(Cl)c(NS(=O)(=O)c2c(F)cc(F)cc2F)c1. The fourth-order valence-electron chi connectivity index (χ4n) is 1.61. The van der Waals surface area contributed by atoms with Crippen molar-refractivity contribution >= 4 is 27.3 Å². The van der Waals surface area contributed by atoms with Crippen molar-refractivity contribution in [2.45, 2.75) is 11.8 Å². The smallest absolute Gasteiger partial charge is 0.267 e. The molecule has 0 aliphatic rings. The maximum atomic E-state index is 13.5. The Hall–Kier alpha value is -1.80. The van der Waals surface area contributed by atoms with Gasteiger partial charge < -0.3 is 0 Å². The number of hydrogen-bond acceptors (Lipinski definition) is 3. The van der Waals surface area contributed by atoms with Crippen molar-refractivity contribution in [1.82, 2.24) is 4.98 Å². The van der Waals surface area contributed by atoms with Gasteiger partial charge in [0.15, 0.2) is 10.0 Å². The van der Waals surface area contributed by atoms with E-state index in [4.69, 9.17) is 11.6 Å². The average Bonchev–Trinajstić information content (AvgIpc) is 2.31. The molecule has 21 heavy (non-hydrogen) atoms. The van der Waals surface area contributed by atoms with Crippen molar-refractivity contribution in [3.05, 3.63) is 52.6 Å². The van der Waals surface area contributed by atoms with Crippen molar-refractivity contribution in [2.24, 2.45) is 0 Å². The van der Waals surface area contributed by atoms with Crippen molar-refractivity contribution < 1.29 is 21.6 Å². The summed E-state index contributed by atoms with van der Waals surface area (Å²) in [5.74, 6) is -4.31. The number of aromatic nitrogens is 1. The van der Waals surface area contributed by atoms with Gasteiger partial charge >= 0.3 is 0 Å². The molecular weight excluding hydrogens is 329 g/mol. The van der Waals surface area contributed by atoms with Crippen LogP contribution in [-0.2, 0) is 10.0 Å². The lowest BCUT2D eigenvalue weighted by atomic mass is 10.3. The number of sulfonamides is 1. The van der Waals surface area contributed by atoms with Gasteiger partial charge in [0.05, 0.1) is 5.69 Å². The van der Waals surface area contributed by atoms with Gasteiger partial charge in [0.1, 0.15) is 17.5 Å². The molecule has 1 N–H and O–H groups in total. The number of pyridine rings is 1. The van der Waals surface area contributed by atoms with Crippen molar-refractivity contribution in [2.75, 3.05) is 4.72 Å². The van der Waals surface area contributed by atoms with Gasteiger partial charge in [0.2, 0.25) is 0 Å². The largest absolute Gasteiger partial charge is 0.276 e. The number of halogens is 4. The van der Waals surface area contributed by atoms with Crippen molar-refractivity contribution in [1.29, 1.82) is 0 Å². The number of rotatable bonds is 3. The third kappa shape index (κ3) is 3.27. The number of hydrogen-bond donors (Lipinski definition) is 1. The molecule has 0 radical (unpaired) electrons. The van der Waals surface area contributed by atoms with Crippen LogP contribution in [0, 0.1) is 24.4 Å². The standard InChI is InChI=1S/C12H8ClF3N2O2S/c1-6-2-10(12(13)17-5-6)18-21(19,20)11-8(15)3-7(14)4-9(11)16/h2-5,18H,1H3. The number of nitrogens with zero attached hydrogens (tertiary/aromatic N) is 1. The van der Waals surface area contributed by atoms with Crippen LogP contribution in [0.15, 0.2) is 29.3 Å². The first kappa shape index (κ1) is 15.6. The minimum absolute atomic E-state index is 0.139. The van der Waals surface area contributed by atoms with Gasteiger partial charge in [-0.3, -0.25) is 4.72 Å². The average molecular weight is 337 g/mol. The first-order valence-electron chi connectivity index (χ1n) is 5.50. The van der Waals surface area contributed by atoms with E-state index < -0.39 is 32.4 Å². The van der Waals surface area contributed by atoms with Gasteiger partial charge in [-0.2, -0.15) is 0 Å². The molecule has 0 amide bonds. The maximum Gasteiger partial charge on any atom is 0.267 e. The second-order valence-electron chi connectivity index (χ2n) is 4.16. The van der Waals surface area contributed by atoms with E-state index in [1.165, 1.54) is 12.3 Å². The molecule has 0 unspecified atom stereocenters. The Labute approximate surface area is 123 Å². The molecule has 0 spiro atoms. The summed E-state index contributed by atoms with van der Waals surface area (Å²) in [5.41, 5.74) is 0.442. The Morgan fingerprint density at radius 3 is 2.29 bits per heavy atom. The highest BCUT2D eigenvalue weighted by atomic mass is 35.5. The quantitative estimate of drug-likeness (QED) is 0.875. The zero-order valence-corrected chi connectivity index (χ0v) is 12.1. The first-order valence-corrected chi connectivity index (χ1v) is 7.36. The maximum absolute atomic E-state index is 13.5. The Balaban J connectivity index is 2.51. The van der Waals surface area contributed by atoms with Crippen LogP contribution in [0.25, 0.3) is 0 Å². The molecule has 0 aliphatic heterocycles. The van der Waals surface area contributed by atoms with E-state index in [1.54, 1.807) is 6.92 Å². The van der Waals surface area contributed by atoms with Crippen LogP contribution >= 0.6 is 11.6 Å². The third-order valence-corrected chi connectivity index (χ3v) is 4.17. The number of aryl methyl sites for hydroxylation is 1. The summed E-state index contributed by atoms with van der Waals surface area (Å²) in [4.78, 5) is 2.42. The normalized spacial score (nSPS) is 11.5. The Kier molecular flexibility index (Phi) is 4.11. The van der Waals surface area contributed by atoms with E-state index in [0.29, 0.717) is 5.56 Å². The van der Waals surface area contributed by atoms with Crippen LogP contribution in [0.5, 0.6) is 0 Å². The summed E-state index contributed by atoms with van der Waals surface area (Å²) < 4.78 is 65.9. The summed E-state index contributed by atoms with van der Waals surface area (Å²) >= 11 is 5.71. The molecule has 0 bridgehead atoms. The van der Waals surface area contributed by atoms with E-state index in [1.807, 2.05) is 4.72 Å². The minimum Gasteiger partial charge on any atom is -0.276 e. The lowest BCUT2D eigenvalue weighted by molar-refractivity contribution is 0.498. The molecule has 0 fully saturated rings. The monoisotopic (exact) mass is 336 g/mol. The molecule has 1 heterocycles. The van der Waals surface area contributed by atoms with Crippen LogP contribution in [0.3, 0.4) is 0 Å². The predicted octanol–water partition coefficient (Wildman–Crippen LogP) is 3.26. The van der Waals surface area contributed by atoms with E-state index in [9.17, 15) is 21.6 Å². The van der Waals surface area contributed by atoms with Crippen LogP contribution in [0.2, 0.25) is 5.15 Å². The molecule has 0 saturated carbocycles. The third-order valence-electron chi connectivity index (χ3n) is 2.45. The van der Waals surface area contributed by atoms with Crippen molar-refractivity contribution in [3.63, 3.8) is 0 Å². The van der Waals surface area contributed by atoms with Gasteiger partial charge in [-0.05, 0) is 18.6 Å². The summed E-state index contributed by atoms with van der Waals surface area (Å²) in [5, 5.41) is -0.188. The molecule has 9 heteroatoms. The van der Waals surface area contributed by atoms with Crippen LogP contribution in [0.1, 0.15) is 5.56 Å². The first-order chi connectivity index (χ1) is 9.70. The summed E-state index contributed by atoms with van der Waals surface area (Å²) in [6.45, 7) is 1.63. The second kappa shape index (κ2) is 5.53. The molecular formula is C12H8ClF3N2O2S. The molecule has 2 rings (SSSR count). The highest BCUT2D eigenvalue weighted by Gasteiger charge is 2.26. The second-order valence-corrected chi connectivity index (χ2v) is 6.13. The van der Waals surface area contributed by atoms with Crippen LogP contribution < -0.4 is 4.72 Å². The molecule has 0 atom stereocenters. The molecule has 4 nitrogen and oxygen atoms in total. The molecule has 0 aliphatic carbocycles. The fourth-order valence-corrected chi connectivity index (χ4v) is 2.99. The zero-order chi connectivity index (χ0) is 15.8. The van der Waals surface area contributed by atoms with E-state index in [-0.39, 0.29) is 23.0 Å². The highest BCUT2D eigenvalue weighted by molar-refractivity contribution is 7.92. The lowest BCUT2D eigenvalue weighted by Gasteiger charge is -2.11. The molecule has 2 aromatic rings. The zero-order valence-electron chi connectivity index (χ0n) is 10.5. The molecule has 1 aromatic carbocycles. The summed E-state index contributed by atoms with van der Waals surface area (Å²) in [6.07, 6.45) is 1.39. The number of anilines is 1.